The first-order valence-corrected chi connectivity index (χ1v) is 9.19. The number of hydrogen-bond acceptors (Lipinski definition) is 6. The number of ketones is 1. The van der Waals surface area contributed by atoms with Crippen molar-refractivity contribution in [1.82, 2.24) is 4.98 Å². The van der Waals surface area contributed by atoms with Gasteiger partial charge in [-0.25, -0.2) is 4.98 Å². The van der Waals surface area contributed by atoms with Gasteiger partial charge in [0.15, 0.2) is 0 Å². The van der Waals surface area contributed by atoms with Crippen molar-refractivity contribution in [3.8, 4) is 11.9 Å². The molecule has 1 heterocycles. The monoisotopic (exact) mass is 427 g/mol. The molecule has 2 rings (SSSR count). The van der Waals surface area contributed by atoms with Crippen molar-refractivity contribution >= 4 is 34.8 Å². The molecule has 1 aromatic heterocycles. The Morgan fingerprint density at radius 2 is 2.04 bits per heavy atom. The predicted molar refractivity (Wildman–Crippen MR) is 101 cm³/mol. The van der Waals surface area contributed by atoms with Crippen molar-refractivity contribution in [3.05, 3.63) is 63.3 Å². The zero-order chi connectivity index (χ0) is 20.9. The molecule has 0 aliphatic heterocycles. The number of methoxy groups -OCH3 is 1. The van der Waals surface area contributed by atoms with E-state index in [-0.39, 0.29) is 15.9 Å². The van der Waals surface area contributed by atoms with Gasteiger partial charge in [0.05, 0.1) is 29.6 Å². The molecule has 0 aliphatic carbocycles. The topological polar surface area (TPSA) is 75.0 Å². The molecule has 146 valence electrons. The molecule has 0 amide bonds. The van der Waals surface area contributed by atoms with Crippen LogP contribution in [0.3, 0.4) is 0 Å². The van der Waals surface area contributed by atoms with Crippen molar-refractivity contribution in [2.24, 2.45) is 0 Å². The third-order valence-electron chi connectivity index (χ3n) is 3.51. The minimum Gasteiger partial charge on any atom is -0.480 e. The molecule has 0 fully saturated rings. The highest BCUT2D eigenvalue weighted by Gasteiger charge is 2.36. The molecule has 0 saturated heterocycles. The fraction of sp³-hybridized carbons (Fsp3) is 0.167. The van der Waals surface area contributed by atoms with E-state index in [1.165, 1.54) is 31.5 Å². The Balaban J connectivity index is 2.49. The van der Waals surface area contributed by atoms with Crippen LogP contribution in [0.1, 0.15) is 15.9 Å². The van der Waals surface area contributed by atoms with E-state index < -0.39 is 28.7 Å². The Morgan fingerprint density at radius 3 is 2.57 bits per heavy atom. The Hall–Kier alpha value is -2.70. The molecule has 0 atom stereocenters. The minimum absolute atomic E-state index is 0.0625. The first-order chi connectivity index (χ1) is 13.2. The summed E-state index contributed by atoms with van der Waals surface area (Å²) in [4.78, 5) is 16.7. The lowest BCUT2D eigenvalue weighted by atomic mass is 9.99. The average molecular weight is 428 g/mol. The highest BCUT2D eigenvalue weighted by atomic mass is 35.5. The summed E-state index contributed by atoms with van der Waals surface area (Å²) in [6.45, 7) is 0. The second-order valence-corrected chi connectivity index (χ2v) is 6.46. The number of pyridine rings is 1. The minimum atomic E-state index is -4.73. The highest BCUT2D eigenvalue weighted by Crippen LogP contribution is 2.34. The van der Waals surface area contributed by atoms with E-state index in [0.29, 0.717) is 5.69 Å². The number of rotatable bonds is 6. The maximum atomic E-state index is 13.2. The van der Waals surface area contributed by atoms with E-state index >= 15 is 0 Å². The summed E-state index contributed by atoms with van der Waals surface area (Å²) in [5, 5.41) is 12.5. The number of allylic oxidation sites excluding steroid dienone is 1. The lowest BCUT2D eigenvalue weighted by Crippen LogP contribution is -2.16. The molecule has 5 nitrogen and oxygen atoms in total. The van der Waals surface area contributed by atoms with Gasteiger partial charge in [-0.15, -0.1) is 11.8 Å². The number of Topliss-reactive ketones (excluding diaryl/α,β-unsaturated/α-hetero) is 1. The number of nitrogens with zero attached hydrogens (tertiary/aromatic N) is 2. The summed E-state index contributed by atoms with van der Waals surface area (Å²) in [6, 6.07) is 7.44. The number of nitrogens with one attached hydrogen (secondary N) is 1. The molecular weight excluding hydrogens is 415 g/mol. The van der Waals surface area contributed by atoms with Crippen LogP contribution in [-0.2, 0) is 6.18 Å². The van der Waals surface area contributed by atoms with Crippen molar-refractivity contribution in [3.63, 3.8) is 0 Å². The molecule has 0 unspecified atom stereocenters. The first kappa shape index (κ1) is 21.6. The molecule has 0 bridgehead atoms. The highest BCUT2D eigenvalue weighted by molar-refractivity contribution is 8.02. The maximum absolute atomic E-state index is 13.2. The molecule has 1 N–H and O–H groups in total. The summed E-state index contributed by atoms with van der Waals surface area (Å²) in [5.41, 5.74) is -1.84. The van der Waals surface area contributed by atoms with Gasteiger partial charge in [-0.05, 0) is 18.4 Å². The summed E-state index contributed by atoms with van der Waals surface area (Å²) in [6.07, 6.45) is -1.81. The van der Waals surface area contributed by atoms with E-state index in [2.05, 4.69) is 10.3 Å². The predicted octanol–water partition coefficient (Wildman–Crippen LogP) is 5.16. The molecule has 1 aromatic carbocycles. The van der Waals surface area contributed by atoms with Crippen LogP contribution in [0, 0.1) is 11.3 Å². The number of thioether (sulfide) groups is 1. The molecule has 0 aliphatic rings. The van der Waals surface area contributed by atoms with E-state index in [1.54, 1.807) is 12.3 Å². The normalized spacial score (nSPS) is 12.0. The third kappa shape index (κ3) is 4.77. The van der Waals surface area contributed by atoms with Crippen LogP contribution in [0.4, 0.5) is 18.9 Å². The van der Waals surface area contributed by atoms with Crippen LogP contribution in [0.15, 0.2) is 47.1 Å². The summed E-state index contributed by atoms with van der Waals surface area (Å²) < 4.78 is 44.6. The quantitative estimate of drug-likeness (QED) is 0.390. The number of carbonyl (C=O) groups excluding carboxylic acids is 1. The van der Waals surface area contributed by atoms with Gasteiger partial charge in [0.1, 0.15) is 16.7 Å². The Bertz CT molecular complexity index is 971. The summed E-state index contributed by atoms with van der Waals surface area (Å²) in [7, 11) is 1.39. The van der Waals surface area contributed by atoms with Gasteiger partial charge in [0.2, 0.25) is 11.7 Å². The number of alkyl halides is 3. The number of hydrogen-bond donors (Lipinski definition) is 1. The van der Waals surface area contributed by atoms with Crippen LogP contribution in [0.5, 0.6) is 5.88 Å². The molecule has 2 aromatic rings. The number of nitriles is 1. The fourth-order valence-corrected chi connectivity index (χ4v) is 3.06. The van der Waals surface area contributed by atoms with Gasteiger partial charge < -0.3 is 10.1 Å². The molecular formula is C18H13ClF3N3O2S. The van der Waals surface area contributed by atoms with E-state index in [9.17, 15) is 23.2 Å². The Labute approximate surface area is 168 Å². The van der Waals surface area contributed by atoms with Gasteiger partial charge in [-0.3, -0.25) is 4.79 Å². The summed E-state index contributed by atoms with van der Waals surface area (Å²) in [5.74, 6) is -0.863. The first-order valence-electron chi connectivity index (χ1n) is 7.58. The van der Waals surface area contributed by atoms with E-state index in [1.807, 2.05) is 0 Å². The van der Waals surface area contributed by atoms with Crippen molar-refractivity contribution in [2.75, 3.05) is 18.7 Å². The number of aromatic nitrogens is 1. The van der Waals surface area contributed by atoms with Crippen molar-refractivity contribution in [2.45, 2.75) is 6.18 Å². The smallest absolute Gasteiger partial charge is 0.417 e. The number of ether oxygens (including phenoxy) is 1. The second kappa shape index (κ2) is 8.99. The SMILES string of the molecule is COc1ncc(NC(SC)=C(C#N)C(=O)c2ccccc2C(F)(F)F)cc1Cl. The van der Waals surface area contributed by atoms with E-state index in [4.69, 9.17) is 16.3 Å². The second-order valence-electron chi connectivity index (χ2n) is 5.23. The van der Waals surface area contributed by atoms with Gasteiger partial charge in [-0.2, -0.15) is 18.4 Å². The van der Waals surface area contributed by atoms with Crippen LogP contribution >= 0.6 is 23.4 Å². The Kier molecular flexibility index (Phi) is 6.94. The number of carbonyl (C=O) groups is 1. The zero-order valence-electron chi connectivity index (χ0n) is 14.6. The lowest BCUT2D eigenvalue weighted by Gasteiger charge is -2.14. The van der Waals surface area contributed by atoms with E-state index in [0.717, 1.165) is 23.9 Å². The molecule has 10 heteroatoms. The van der Waals surface area contributed by atoms with Crippen LogP contribution < -0.4 is 10.1 Å². The number of anilines is 1. The van der Waals surface area contributed by atoms with Crippen molar-refractivity contribution in [1.29, 1.82) is 5.26 Å². The largest absolute Gasteiger partial charge is 0.480 e. The van der Waals surface area contributed by atoms with Gasteiger partial charge in [0.25, 0.3) is 0 Å². The fourth-order valence-electron chi connectivity index (χ4n) is 2.26. The lowest BCUT2D eigenvalue weighted by molar-refractivity contribution is -0.137. The van der Waals surface area contributed by atoms with Gasteiger partial charge >= 0.3 is 6.18 Å². The standard InChI is InChI=1S/C18H13ClF3N3O2S/c1-27-16-14(19)7-10(9-24-16)25-17(28-2)12(8-23)15(26)11-5-3-4-6-13(11)18(20,21)22/h3-7,9,25H,1-2H3. The van der Waals surface area contributed by atoms with Crippen molar-refractivity contribution < 1.29 is 22.7 Å². The average Bonchev–Trinajstić information content (AvgIpc) is 2.67. The van der Waals surface area contributed by atoms with Gasteiger partial charge in [-0.1, -0.05) is 29.8 Å². The van der Waals surface area contributed by atoms with Gasteiger partial charge in [0, 0.05) is 5.56 Å². The molecule has 0 radical (unpaired) electrons. The third-order valence-corrected chi connectivity index (χ3v) is 4.49. The van der Waals surface area contributed by atoms with Crippen LogP contribution in [0.2, 0.25) is 5.02 Å². The molecule has 0 spiro atoms. The maximum Gasteiger partial charge on any atom is 0.417 e. The summed E-state index contributed by atoms with van der Waals surface area (Å²) >= 11 is 6.98. The molecule has 28 heavy (non-hydrogen) atoms. The van der Waals surface area contributed by atoms with Crippen LogP contribution in [0.25, 0.3) is 0 Å². The Morgan fingerprint density at radius 1 is 1.36 bits per heavy atom. The zero-order valence-corrected chi connectivity index (χ0v) is 16.2. The number of benzene rings is 1. The number of halogens is 4. The molecule has 0 saturated carbocycles. The van der Waals surface area contributed by atoms with Crippen LogP contribution in [-0.4, -0.2) is 24.1 Å².